The second-order valence-corrected chi connectivity index (χ2v) is 12.2. The molecule has 9 heteroatoms. The van der Waals surface area contributed by atoms with E-state index in [0.717, 1.165) is 40.1 Å². The van der Waals surface area contributed by atoms with Crippen LogP contribution in [0.15, 0.2) is 49.3 Å². The van der Waals surface area contributed by atoms with Gasteiger partial charge >= 0.3 is 0 Å². The van der Waals surface area contributed by atoms with Crippen molar-refractivity contribution in [1.82, 2.24) is 4.72 Å². The normalized spacial score (nSPS) is 20.1. The lowest BCUT2D eigenvalue weighted by atomic mass is 9.81. The van der Waals surface area contributed by atoms with E-state index in [9.17, 15) is 13.2 Å². The zero-order valence-corrected chi connectivity index (χ0v) is 19.5. The number of sulfonamides is 1. The zero-order valence-electron chi connectivity index (χ0n) is 15.5. The summed E-state index contributed by atoms with van der Waals surface area (Å²) in [6.07, 6.45) is 5.27. The number of nitrogens with one attached hydrogen (secondary N) is 2. The fraction of sp³-hybridized carbons (Fsp3) is 0.421. The first-order chi connectivity index (χ1) is 13.4. The molecule has 2 aromatic rings. The molecule has 0 unspecified atom stereocenters. The molecule has 2 N–H and O–H groups in total. The molecule has 5 nitrogen and oxygen atoms in total. The maximum absolute atomic E-state index is 12.5. The van der Waals surface area contributed by atoms with E-state index in [1.54, 1.807) is 23.9 Å². The van der Waals surface area contributed by atoms with Gasteiger partial charge in [0, 0.05) is 23.0 Å². The minimum atomic E-state index is -3.46. The molecule has 28 heavy (non-hydrogen) atoms. The number of amides is 1. The summed E-state index contributed by atoms with van der Waals surface area (Å²) in [6, 6.07) is 11.2. The lowest BCUT2D eigenvalue weighted by molar-refractivity contribution is -0.121. The van der Waals surface area contributed by atoms with E-state index < -0.39 is 10.0 Å². The van der Waals surface area contributed by atoms with Crippen molar-refractivity contribution in [2.75, 3.05) is 18.1 Å². The minimum Gasteiger partial charge on any atom is -0.326 e. The molecule has 1 aromatic carbocycles. The van der Waals surface area contributed by atoms with Gasteiger partial charge in [-0.2, -0.15) is 0 Å². The van der Waals surface area contributed by atoms with Crippen LogP contribution in [0.4, 0.5) is 5.69 Å². The number of thiophene rings is 1. The average molecular weight is 504 g/mol. The quantitative estimate of drug-likeness (QED) is 0.524. The van der Waals surface area contributed by atoms with Crippen LogP contribution in [0.25, 0.3) is 0 Å². The number of anilines is 1. The summed E-state index contributed by atoms with van der Waals surface area (Å²) in [7, 11) is -3.46. The predicted octanol–water partition coefficient (Wildman–Crippen LogP) is 4.96. The summed E-state index contributed by atoms with van der Waals surface area (Å²) in [6.45, 7) is 0.419. The Kier molecular flexibility index (Phi) is 7.60. The summed E-state index contributed by atoms with van der Waals surface area (Å²) in [4.78, 5) is 13.7. The highest BCUT2D eigenvalue weighted by Gasteiger charge is 2.27. The fourth-order valence-electron chi connectivity index (χ4n) is 3.31. The molecule has 0 bridgehead atoms. The van der Waals surface area contributed by atoms with E-state index in [1.165, 1.54) is 11.3 Å². The summed E-state index contributed by atoms with van der Waals surface area (Å²) in [5, 5.41) is 3.01. The Morgan fingerprint density at radius 2 is 1.96 bits per heavy atom. The van der Waals surface area contributed by atoms with Gasteiger partial charge < -0.3 is 5.32 Å². The molecule has 1 saturated carbocycles. The molecule has 1 aromatic heterocycles. The first kappa shape index (κ1) is 21.8. The Labute approximate surface area is 182 Å². The van der Waals surface area contributed by atoms with Crippen molar-refractivity contribution in [3.05, 3.63) is 40.2 Å². The zero-order chi connectivity index (χ0) is 20.1. The van der Waals surface area contributed by atoms with Crippen molar-refractivity contribution in [2.45, 2.75) is 34.8 Å². The number of halogens is 1. The Morgan fingerprint density at radius 3 is 2.61 bits per heavy atom. The van der Waals surface area contributed by atoms with Gasteiger partial charge in [-0.3, -0.25) is 4.79 Å². The number of hydrogen-bond acceptors (Lipinski definition) is 5. The Hall–Kier alpha value is -0.870. The number of hydrogen-bond donors (Lipinski definition) is 2. The maximum atomic E-state index is 12.5. The average Bonchev–Trinajstić information content (AvgIpc) is 3.14. The first-order valence-corrected chi connectivity index (χ1v) is 13.4. The molecule has 1 aliphatic rings. The third-order valence-electron chi connectivity index (χ3n) is 4.93. The van der Waals surface area contributed by atoms with E-state index in [2.05, 4.69) is 26.0 Å². The van der Waals surface area contributed by atoms with Crippen LogP contribution >= 0.6 is 39.0 Å². The molecule has 0 spiro atoms. The largest absolute Gasteiger partial charge is 0.326 e. The van der Waals surface area contributed by atoms with E-state index in [1.807, 2.05) is 30.5 Å². The molecule has 0 radical (unpaired) electrons. The van der Waals surface area contributed by atoms with Crippen molar-refractivity contribution in [3.63, 3.8) is 0 Å². The SMILES string of the molecule is CSc1cccc(NC(=O)C2CCC(CNS(=O)(=O)c3ccc(Br)s3)CC2)c1. The lowest BCUT2D eigenvalue weighted by Crippen LogP contribution is -2.33. The van der Waals surface area contributed by atoms with Gasteiger partial charge in [-0.1, -0.05) is 6.07 Å². The third kappa shape index (κ3) is 5.82. The van der Waals surface area contributed by atoms with Crippen LogP contribution < -0.4 is 10.0 Å². The maximum Gasteiger partial charge on any atom is 0.250 e. The highest BCUT2D eigenvalue weighted by molar-refractivity contribution is 9.11. The highest BCUT2D eigenvalue weighted by atomic mass is 79.9. The topological polar surface area (TPSA) is 75.3 Å². The summed E-state index contributed by atoms with van der Waals surface area (Å²) in [5.41, 5.74) is 0.828. The van der Waals surface area contributed by atoms with Crippen molar-refractivity contribution in [2.24, 2.45) is 11.8 Å². The molecule has 1 heterocycles. The number of rotatable bonds is 7. The number of carbonyl (C=O) groups excluding carboxylic acids is 1. The van der Waals surface area contributed by atoms with Crippen LogP contribution in [0.1, 0.15) is 25.7 Å². The van der Waals surface area contributed by atoms with Crippen molar-refractivity contribution in [1.29, 1.82) is 0 Å². The van der Waals surface area contributed by atoms with Gasteiger partial charge in [-0.25, -0.2) is 13.1 Å². The Bertz CT molecular complexity index is 922. The van der Waals surface area contributed by atoms with Gasteiger partial charge in [0.25, 0.3) is 0 Å². The van der Waals surface area contributed by atoms with E-state index in [0.29, 0.717) is 10.8 Å². The van der Waals surface area contributed by atoms with Crippen molar-refractivity contribution < 1.29 is 13.2 Å². The number of benzene rings is 1. The van der Waals surface area contributed by atoms with Crippen LogP contribution in [-0.2, 0) is 14.8 Å². The van der Waals surface area contributed by atoms with Crippen molar-refractivity contribution in [3.8, 4) is 0 Å². The van der Waals surface area contributed by atoms with Gasteiger partial charge in [0.2, 0.25) is 15.9 Å². The van der Waals surface area contributed by atoms with Gasteiger partial charge in [0.05, 0.1) is 3.79 Å². The summed E-state index contributed by atoms with van der Waals surface area (Å²) >= 11 is 6.14. The monoisotopic (exact) mass is 502 g/mol. The van der Waals surface area contributed by atoms with Crippen molar-refractivity contribution >= 4 is 60.6 Å². The summed E-state index contributed by atoms with van der Waals surface area (Å²) in [5.74, 6) is 0.307. The van der Waals surface area contributed by atoms with Crippen LogP contribution in [0, 0.1) is 11.8 Å². The Morgan fingerprint density at radius 1 is 1.21 bits per heavy atom. The number of carbonyl (C=O) groups is 1. The van der Waals surface area contributed by atoms with Gasteiger partial charge in [0.1, 0.15) is 4.21 Å². The van der Waals surface area contributed by atoms with Gasteiger partial charge in [-0.15, -0.1) is 23.1 Å². The molecule has 1 aliphatic carbocycles. The molecular formula is C19H23BrN2O3S3. The summed E-state index contributed by atoms with van der Waals surface area (Å²) < 4.78 is 28.5. The second-order valence-electron chi connectivity index (χ2n) is 6.85. The molecular weight excluding hydrogens is 480 g/mol. The van der Waals surface area contributed by atoms with Crippen LogP contribution in [0.2, 0.25) is 0 Å². The second kappa shape index (κ2) is 9.75. The van der Waals surface area contributed by atoms with Gasteiger partial charge in [0.15, 0.2) is 0 Å². The minimum absolute atomic E-state index is 0.0148. The molecule has 152 valence electrons. The smallest absolute Gasteiger partial charge is 0.250 e. The molecule has 0 atom stereocenters. The van der Waals surface area contributed by atoms with E-state index >= 15 is 0 Å². The first-order valence-electron chi connectivity index (χ1n) is 9.07. The molecule has 0 aliphatic heterocycles. The third-order valence-corrected chi connectivity index (χ3v) is 9.19. The lowest BCUT2D eigenvalue weighted by Gasteiger charge is -2.27. The van der Waals surface area contributed by atoms with Crippen LogP contribution in [0.5, 0.6) is 0 Å². The predicted molar refractivity (Wildman–Crippen MR) is 120 cm³/mol. The highest BCUT2D eigenvalue weighted by Crippen LogP contribution is 2.31. The Balaban J connectivity index is 1.47. The molecule has 1 amide bonds. The van der Waals surface area contributed by atoms with Crippen LogP contribution in [-0.4, -0.2) is 27.1 Å². The standard InChI is InChI=1S/C19H23BrN2O3S3/c1-26-16-4-2-3-15(11-16)22-19(23)14-7-5-13(6-8-14)12-21-28(24,25)18-10-9-17(20)27-18/h2-4,9-11,13-14,21H,5-8,12H2,1H3,(H,22,23). The number of thioether (sulfide) groups is 1. The fourth-order valence-corrected chi connectivity index (χ4v) is 6.94. The van der Waals surface area contributed by atoms with E-state index in [4.69, 9.17) is 0 Å². The van der Waals surface area contributed by atoms with Gasteiger partial charge in [-0.05, 0) is 84.1 Å². The molecule has 0 saturated heterocycles. The van der Waals surface area contributed by atoms with Crippen LogP contribution in [0.3, 0.4) is 0 Å². The molecule has 1 fully saturated rings. The molecule has 3 rings (SSSR count). The van der Waals surface area contributed by atoms with E-state index in [-0.39, 0.29) is 17.7 Å².